The number of hydrogen-bond acceptors (Lipinski definition) is 2. The Hall–Kier alpha value is -0.0800. The van der Waals surface area contributed by atoms with E-state index in [-0.39, 0.29) is 5.60 Å². The maximum atomic E-state index is 9.36. The van der Waals surface area contributed by atoms with Crippen molar-refractivity contribution < 1.29 is 5.11 Å². The second kappa shape index (κ2) is 2.51. The Bertz CT molecular complexity index is 110. The Morgan fingerprint density at radius 2 is 2.00 bits per heavy atom. The van der Waals surface area contributed by atoms with Crippen LogP contribution in [0, 0.1) is 0 Å². The van der Waals surface area contributed by atoms with Gasteiger partial charge in [-0.1, -0.05) is 13.8 Å². The molecule has 1 aliphatic rings. The molecule has 0 atom stereocenters. The second-order valence-electron chi connectivity index (χ2n) is 3.92. The van der Waals surface area contributed by atoms with Crippen LogP contribution in [0.15, 0.2) is 0 Å². The van der Waals surface area contributed by atoms with Crippen molar-refractivity contribution in [1.29, 1.82) is 0 Å². The van der Waals surface area contributed by atoms with E-state index in [9.17, 15) is 5.11 Å². The lowest BCUT2D eigenvalue weighted by Crippen LogP contribution is -2.53. The highest BCUT2D eigenvalue weighted by molar-refractivity contribution is 4.95. The fourth-order valence-corrected chi connectivity index (χ4v) is 1.59. The highest BCUT2D eigenvalue weighted by atomic mass is 16.3. The summed E-state index contributed by atoms with van der Waals surface area (Å²) in [6, 6.07) is 1.09. The third kappa shape index (κ3) is 1.96. The third-order valence-electron chi connectivity index (χ3n) is 1.94. The average molecular weight is 143 g/mol. The predicted molar refractivity (Wildman–Crippen MR) is 41.9 cm³/mol. The minimum Gasteiger partial charge on any atom is -0.390 e. The van der Waals surface area contributed by atoms with Crippen LogP contribution in [0.4, 0.5) is 0 Å². The Morgan fingerprint density at radius 3 is 2.30 bits per heavy atom. The monoisotopic (exact) mass is 143 g/mol. The van der Waals surface area contributed by atoms with E-state index < -0.39 is 0 Å². The van der Waals surface area contributed by atoms with Gasteiger partial charge < -0.3 is 10.4 Å². The summed E-state index contributed by atoms with van der Waals surface area (Å²) in [6.45, 7) is 6.16. The summed E-state index contributed by atoms with van der Waals surface area (Å²) in [4.78, 5) is 0. The molecular formula is C8H17NO. The van der Waals surface area contributed by atoms with Gasteiger partial charge in [-0.25, -0.2) is 0 Å². The average Bonchev–Trinajstić information content (AvgIpc) is 1.57. The standard InChI is InChI=1S/C8H17NO/c1-6(2)9-7-4-8(3,10)5-7/h6-7,9-10H,4-5H2,1-3H3/t7-,8+. The van der Waals surface area contributed by atoms with E-state index in [1.807, 2.05) is 6.92 Å². The van der Waals surface area contributed by atoms with E-state index in [4.69, 9.17) is 0 Å². The largest absolute Gasteiger partial charge is 0.390 e. The Balaban J connectivity index is 2.15. The van der Waals surface area contributed by atoms with E-state index in [2.05, 4.69) is 19.2 Å². The van der Waals surface area contributed by atoms with Gasteiger partial charge in [-0.05, 0) is 19.8 Å². The molecule has 0 saturated heterocycles. The maximum Gasteiger partial charge on any atom is 0.0649 e. The van der Waals surface area contributed by atoms with Gasteiger partial charge >= 0.3 is 0 Å². The van der Waals surface area contributed by atoms with Gasteiger partial charge in [0.2, 0.25) is 0 Å². The normalized spacial score (nSPS) is 39.9. The highest BCUT2D eigenvalue weighted by Gasteiger charge is 2.37. The molecule has 0 aliphatic heterocycles. The fourth-order valence-electron chi connectivity index (χ4n) is 1.59. The minimum atomic E-state index is -0.382. The molecule has 1 saturated carbocycles. The molecule has 0 amide bonds. The minimum absolute atomic E-state index is 0.382. The Labute approximate surface area is 62.6 Å². The van der Waals surface area contributed by atoms with Gasteiger partial charge in [0.15, 0.2) is 0 Å². The molecule has 1 aliphatic carbocycles. The van der Waals surface area contributed by atoms with Crippen molar-refractivity contribution >= 4 is 0 Å². The summed E-state index contributed by atoms with van der Waals surface area (Å²) >= 11 is 0. The Kier molecular flexibility index (Phi) is 2.02. The number of rotatable bonds is 2. The van der Waals surface area contributed by atoms with E-state index >= 15 is 0 Å². The predicted octanol–water partition coefficient (Wildman–Crippen LogP) is 0.898. The lowest BCUT2D eigenvalue weighted by molar-refractivity contribution is -0.0406. The van der Waals surface area contributed by atoms with Crippen LogP contribution in [0.1, 0.15) is 33.6 Å². The zero-order valence-corrected chi connectivity index (χ0v) is 7.02. The molecule has 1 rings (SSSR count). The van der Waals surface area contributed by atoms with Gasteiger partial charge in [0.1, 0.15) is 0 Å². The first-order chi connectivity index (χ1) is 4.49. The summed E-state index contributed by atoms with van der Waals surface area (Å²) in [5, 5.41) is 12.7. The topological polar surface area (TPSA) is 32.3 Å². The van der Waals surface area contributed by atoms with Crippen molar-refractivity contribution in [3.05, 3.63) is 0 Å². The van der Waals surface area contributed by atoms with Crippen LogP contribution >= 0.6 is 0 Å². The second-order valence-corrected chi connectivity index (χ2v) is 3.92. The van der Waals surface area contributed by atoms with Crippen LogP contribution in [0.5, 0.6) is 0 Å². The van der Waals surface area contributed by atoms with Gasteiger partial charge in [0.25, 0.3) is 0 Å². The molecule has 0 aromatic rings. The molecule has 0 aromatic heterocycles. The van der Waals surface area contributed by atoms with Gasteiger partial charge in [0.05, 0.1) is 5.60 Å². The first-order valence-electron chi connectivity index (χ1n) is 3.98. The first kappa shape index (κ1) is 8.02. The van der Waals surface area contributed by atoms with Crippen molar-refractivity contribution in [1.82, 2.24) is 5.32 Å². The molecular weight excluding hydrogens is 126 g/mol. The van der Waals surface area contributed by atoms with Gasteiger partial charge in [-0.3, -0.25) is 0 Å². The molecule has 2 heteroatoms. The van der Waals surface area contributed by atoms with E-state index in [1.165, 1.54) is 0 Å². The van der Waals surface area contributed by atoms with Gasteiger partial charge in [-0.15, -0.1) is 0 Å². The molecule has 60 valence electrons. The van der Waals surface area contributed by atoms with E-state index in [1.54, 1.807) is 0 Å². The van der Waals surface area contributed by atoms with Crippen molar-refractivity contribution in [3.63, 3.8) is 0 Å². The van der Waals surface area contributed by atoms with Crippen LogP contribution in [-0.4, -0.2) is 22.8 Å². The molecule has 2 nitrogen and oxygen atoms in total. The summed E-state index contributed by atoms with van der Waals surface area (Å²) in [5.41, 5.74) is -0.382. The molecule has 10 heavy (non-hydrogen) atoms. The fraction of sp³-hybridized carbons (Fsp3) is 1.00. The van der Waals surface area contributed by atoms with Crippen LogP contribution in [0.25, 0.3) is 0 Å². The molecule has 1 fully saturated rings. The summed E-state index contributed by atoms with van der Waals surface area (Å²) < 4.78 is 0. The molecule has 0 aromatic carbocycles. The zero-order chi connectivity index (χ0) is 7.78. The molecule has 2 N–H and O–H groups in total. The number of nitrogens with one attached hydrogen (secondary N) is 1. The molecule has 0 spiro atoms. The van der Waals surface area contributed by atoms with Gasteiger partial charge in [0, 0.05) is 12.1 Å². The first-order valence-corrected chi connectivity index (χ1v) is 3.98. The van der Waals surface area contributed by atoms with E-state index in [0.29, 0.717) is 12.1 Å². The Morgan fingerprint density at radius 1 is 1.50 bits per heavy atom. The smallest absolute Gasteiger partial charge is 0.0649 e. The lowest BCUT2D eigenvalue weighted by atomic mass is 9.77. The van der Waals surface area contributed by atoms with Crippen molar-refractivity contribution in [2.45, 2.75) is 51.3 Å². The number of hydrogen-bond donors (Lipinski definition) is 2. The van der Waals surface area contributed by atoms with Crippen molar-refractivity contribution in [2.75, 3.05) is 0 Å². The zero-order valence-electron chi connectivity index (χ0n) is 7.02. The molecule has 0 bridgehead atoms. The highest BCUT2D eigenvalue weighted by Crippen LogP contribution is 2.31. The SMILES string of the molecule is CC(C)N[C@H]1C[C@@](C)(O)C1. The number of aliphatic hydroxyl groups is 1. The van der Waals surface area contributed by atoms with Crippen LogP contribution in [0.3, 0.4) is 0 Å². The summed E-state index contributed by atoms with van der Waals surface area (Å²) in [7, 11) is 0. The van der Waals surface area contributed by atoms with Gasteiger partial charge in [-0.2, -0.15) is 0 Å². The molecule has 0 heterocycles. The summed E-state index contributed by atoms with van der Waals surface area (Å²) in [5.74, 6) is 0. The molecule has 0 unspecified atom stereocenters. The van der Waals surface area contributed by atoms with Crippen LogP contribution < -0.4 is 5.32 Å². The quantitative estimate of drug-likeness (QED) is 0.602. The van der Waals surface area contributed by atoms with E-state index in [0.717, 1.165) is 12.8 Å². The van der Waals surface area contributed by atoms with Crippen molar-refractivity contribution in [3.8, 4) is 0 Å². The van der Waals surface area contributed by atoms with Crippen LogP contribution in [-0.2, 0) is 0 Å². The summed E-state index contributed by atoms with van der Waals surface area (Å²) in [6.07, 6.45) is 1.82. The third-order valence-corrected chi connectivity index (χ3v) is 1.94. The maximum absolute atomic E-state index is 9.36. The lowest BCUT2D eigenvalue weighted by Gasteiger charge is -2.42. The van der Waals surface area contributed by atoms with Crippen LogP contribution in [0.2, 0.25) is 0 Å². The van der Waals surface area contributed by atoms with Crippen molar-refractivity contribution in [2.24, 2.45) is 0 Å². The molecule has 0 radical (unpaired) electrons.